The van der Waals surface area contributed by atoms with Gasteiger partial charge < -0.3 is 10.1 Å². The van der Waals surface area contributed by atoms with Gasteiger partial charge in [0.2, 0.25) is 0 Å². The second-order valence-electron chi connectivity index (χ2n) is 5.77. The maximum atomic E-state index is 13.6. The maximum Gasteiger partial charge on any atom is 0.254 e. The normalized spacial score (nSPS) is 10.4. The largest absolute Gasteiger partial charge is 0.497 e. The van der Waals surface area contributed by atoms with Gasteiger partial charge in [0.25, 0.3) is 11.5 Å². The summed E-state index contributed by atoms with van der Waals surface area (Å²) in [6, 6.07) is 14.4. The summed E-state index contributed by atoms with van der Waals surface area (Å²) in [5.41, 5.74) is 1.08. The molecule has 7 heteroatoms. The van der Waals surface area contributed by atoms with Gasteiger partial charge in [-0.25, -0.2) is 9.37 Å². The molecule has 3 aromatic rings. The van der Waals surface area contributed by atoms with Crippen molar-refractivity contribution in [2.45, 2.75) is 6.54 Å². The Morgan fingerprint density at radius 2 is 1.93 bits per heavy atom. The minimum atomic E-state index is -0.585. The molecule has 0 spiro atoms. The number of rotatable bonds is 6. The Bertz CT molecular complexity index is 1000. The Hall–Kier alpha value is -3.48. The van der Waals surface area contributed by atoms with Crippen LogP contribution in [0.5, 0.6) is 5.75 Å². The van der Waals surface area contributed by atoms with Crippen LogP contribution in [0.25, 0.3) is 11.3 Å². The van der Waals surface area contributed by atoms with Crippen LogP contribution < -0.4 is 15.6 Å². The van der Waals surface area contributed by atoms with Gasteiger partial charge in [0, 0.05) is 24.7 Å². The average molecular weight is 367 g/mol. The number of hydrogen-bond acceptors (Lipinski definition) is 4. The third kappa shape index (κ3) is 4.38. The number of carbonyl (C=O) groups excluding carboxylic acids is 1. The van der Waals surface area contributed by atoms with Crippen LogP contribution in [0.15, 0.2) is 65.7 Å². The molecule has 0 radical (unpaired) electrons. The summed E-state index contributed by atoms with van der Waals surface area (Å²) in [7, 11) is 1.58. The number of benzene rings is 2. The van der Waals surface area contributed by atoms with Crippen molar-refractivity contribution < 1.29 is 13.9 Å². The lowest BCUT2D eigenvalue weighted by atomic mass is 10.1. The molecule has 1 amide bonds. The van der Waals surface area contributed by atoms with E-state index in [9.17, 15) is 14.0 Å². The molecule has 0 unspecified atom stereocenters. The molecule has 0 fully saturated rings. The van der Waals surface area contributed by atoms with E-state index in [1.54, 1.807) is 25.3 Å². The Kier molecular flexibility index (Phi) is 5.61. The number of hydrogen-bond donors (Lipinski definition) is 1. The first-order valence-electron chi connectivity index (χ1n) is 8.32. The van der Waals surface area contributed by atoms with Crippen molar-refractivity contribution in [1.29, 1.82) is 0 Å². The standard InChI is InChI=1S/C20H18FN3O3/c1-27-15-8-6-14(7-9-15)18-12-19(25)24(13-23-18)11-10-22-20(26)16-4-2-3-5-17(16)21/h2-9,12-13H,10-11H2,1H3,(H,22,26). The SMILES string of the molecule is COc1ccc(-c2cc(=O)n(CCNC(=O)c3ccccc3F)cn2)cc1. The molecule has 1 heterocycles. The molecular formula is C20H18FN3O3. The van der Waals surface area contributed by atoms with Crippen LogP contribution in [0.3, 0.4) is 0 Å². The highest BCUT2D eigenvalue weighted by Crippen LogP contribution is 2.19. The monoisotopic (exact) mass is 367 g/mol. The molecule has 0 aliphatic heterocycles. The average Bonchev–Trinajstić information content (AvgIpc) is 2.69. The quantitative estimate of drug-likeness (QED) is 0.727. The molecule has 1 aromatic heterocycles. The van der Waals surface area contributed by atoms with E-state index in [4.69, 9.17) is 4.74 Å². The molecular weight excluding hydrogens is 349 g/mol. The molecule has 0 aliphatic rings. The molecule has 3 rings (SSSR count). The highest BCUT2D eigenvalue weighted by molar-refractivity contribution is 5.94. The summed E-state index contributed by atoms with van der Waals surface area (Å²) in [6.45, 7) is 0.408. The van der Waals surface area contributed by atoms with E-state index in [-0.39, 0.29) is 24.2 Å². The van der Waals surface area contributed by atoms with E-state index in [1.807, 2.05) is 12.1 Å². The Morgan fingerprint density at radius 3 is 2.59 bits per heavy atom. The number of aromatic nitrogens is 2. The van der Waals surface area contributed by atoms with Crippen molar-refractivity contribution in [3.05, 3.63) is 82.7 Å². The lowest BCUT2D eigenvalue weighted by Gasteiger charge is -2.09. The Labute approximate surface area is 155 Å². The molecule has 27 heavy (non-hydrogen) atoms. The summed E-state index contributed by atoms with van der Waals surface area (Å²) >= 11 is 0. The predicted molar refractivity (Wildman–Crippen MR) is 99.2 cm³/mol. The van der Waals surface area contributed by atoms with Crippen molar-refractivity contribution in [1.82, 2.24) is 14.9 Å². The second-order valence-corrected chi connectivity index (χ2v) is 5.77. The molecule has 0 bridgehead atoms. The van der Waals surface area contributed by atoms with E-state index in [0.717, 1.165) is 11.3 Å². The van der Waals surface area contributed by atoms with Crippen LogP contribution in [0.2, 0.25) is 0 Å². The van der Waals surface area contributed by atoms with Crippen LogP contribution in [0.1, 0.15) is 10.4 Å². The summed E-state index contributed by atoms with van der Waals surface area (Å²) in [5.74, 6) is -0.390. The number of amides is 1. The smallest absolute Gasteiger partial charge is 0.254 e. The number of halogens is 1. The van der Waals surface area contributed by atoms with Gasteiger partial charge in [0.1, 0.15) is 11.6 Å². The summed E-state index contributed by atoms with van der Waals surface area (Å²) in [6.07, 6.45) is 1.43. The van der Waals surface area contributed by atoms with Crippen LogP contribution in [0, 0.1) is 5.82 Å². The number of carbonyl (C=O) groups is 1. The summed E-state index contributed by atoms with van der Waals surface area (Å²) < 4.78 is 20.1. The molecule has 0 aliphatic carbocycles. The van der Waals surface area contributed by atoms with Gasteiger partial charge in [0.15, 0.2) is 0 Å². The fraction of sp³-hybridized carbons (Fsp3) is 0.150. The fourth-order valence-electron chi connectivity index (χ4n) is 2.54. The van der Waals surface area contributed by atoms with Crippen LogP contribution >= 0.6 is 0 Å². The highest BCUT2D eigenvalue weighted by atomic mass is 19.1. The van der Waals surface area contributed by atoms with E-state index < -0.39 is 11.7 Å². The molecule has 6 nitrogen and oxygen atoms in total. The maximum absolute atomic E-state index is 13.6. The number of nitrogens with one attached hydrogen (secondary N) is 1. The Balaban J connectivity index is 1.63. The molecule has 0 saturated carbocycles. The van der Waals surface area contributed by atoms with Crippen LogP contribution in [0.4, 0.5) is 4.39 Å². The first-order chi connectivity index (χ1) is 13.1. The molecule has 0 atom stereocenters. The first kappa shape index (κ1) is 18.3. The van der Waals surface area contributed by atoms with Crippen LogP contribution in [-0.4, -0.2) is 29.1 Å². The van der Waals surface area contributed by atoms with E-state index >= 15 is 0 Å². The number of nitrogens with zero attached hydrogens (tertiary/aromatic N) is 2. The number of ether oxygens (including phenoxy) is 1. The van der Waals surface area contributed by atoms with Gasteiger partial charge in [0.05, 0.1) is 24.7 Å². The molecule has 1 N–H and O–H groups in total. The first-order valence-corrected chi connectivity index (χ1v) is 8.32. The van der Waals surface area contributed by atoms with E-state index in [2.05, 4.69) is 10.3 Å². The van der Waals surface area contributed by atoms with Gasteiger partial charge in [-0.15, -0.1) is 0 Å². The third-order valence-corrected chi connectivity index (χ3v) is 4.02. The van der Waals surface area contributed by atoms with Crippen molar-refractivity contribution in [3.63, 3.8) is 0 Å². The molecule has 0 saturated heterocycles. The molecule has 138 valence electrons. The van der Waals surface area contributed by atoms with E-state index in [1.165, 1.54) is 35.2 Å². The van der Waals surface area contributed by atoms with Crippen molar-refractivity contribution in [2.75, 3.05) is 13.7 Å². The Morgan fingerprint density at radius 1 is 1.19 bits per heavy atom. The van der Waals surface area contributed by atoms with Crippen LogP contribution in [-0.2, 0) is 6.54 Å². The summed E-state index contributed by atoms with van der Waals surface area (Å²) in [5, 5.41) is 2.59. The van der Waals surface area contributed by atoms with Crippen molar-refractivity contribution in [2.24, 2.45) is 0 Å². The zero-order chi connectivity index (χ0) is 19.2. The van der Waals surface area contributed by atoms with E-state index in [0.29, 0.717) is 5.69 Å². The number of methoxy groups -OCH3 is 1. The van der Waals surface area contributed by atoms with Gasteiger partial charge in [-0.1, -0.05) is 12.1 Å². The van der Waals surface area contributed by atoms with Gasteiger partial charge in [-0.05, 0) is 36.4 Å². The highest BCUT2D eigenvalue weighted by Gasteiger charge is 2.10. The van der Waals surface area contributed by atoms with Crippen molar-refractivity contribution in [3.8, 4) is 17.0 Å². The fourth-order valence-corrected chi connectivity index (χ4v) is 2.54. The predicted octanol–water partition coefficient (Wildman–Crippen LogP) is 2.49. The minimum Gasteiger partial charge on any atom is -0.497 e. The van der Waals surface area contributed by atoms with Crippen molar-refractivity contribution >= 4 is 5.91 Å². The zero-order valence-electron chi connectivity index (χ0n) is 14.7. The minimum absolute atomic E-state index is 0.0298. The lowest BCUT2D eigenvalue weighted by Crippen LogP contribution is -2.31. The third-order valence-electron chi connectivity index (χ3n) is 4.02. The zero-order valence-corrected chi connectivity index (χ0v) is 14.7. The summed E-state index contributed by atoms with van der Waals surface area (Å²) in [4.78, 5) is 28.5. The van der Waals surface area contributed by atoms with Gasteiger partial charge in [-0.2, -0.15) is 0 Å². The second kappa shape index (κ2) is 8.27. The molecule has 2 aromatic carbocycles. The van der Waals surface area contributed by atoms with Gasteiger partial charge >= 0.3 is 0 Å². The van der Waals surface area contributed by atoms with Gasteiger partial charge in [-0.3, -0.25) is 14.2 Å². The lowest BCUT2D eigenvalue weighted by molar-refractivity contribution is 0.0948. The topological polar surface area (TPSA) is 73.2 Å².